The third-order valence-electron chi connectivity index (χ3n) is 5.42. The van der Waals surface area contributed by atoms with Crippen molar-refractivity contribution in [1.82, 2.24) is 15.2 Å². The SMILES string of the molecule is Cc1ccc(C(CNC(=O)Cc2csc(-c3ccc(C(F)(F)F)cc3)n2)N2CCOCC2)o1. The molecule has 10 heteroatoms. The summed E-state index contributed by atoms with van der Waals surface area (Å²) >= 11 is 1.30. The number of carbonyl (C=O) groups excluding carboxylic acids is 1. The molecule has 33 heavy (non-hydrogen) atoms. The molecule has 6 nitrogen and oxygen atoms in total. The lowest BCUT2D eigenvalue weighted by molar-refractivity contribution is -0.137. The second-order valence-corrected chi connectivity index (χ2v) is 8.67. The van der Waals surface area contributed by atoms with Crippen LogP contribution in [0.3, 0.4) is 0 Å². The summed E-state index contributed by atoms with van der Waals surface area (Å²) in [4.78, 5) is 19.2. The Labute approximate surface area is 193 Å². The van der Waals surface area contributed by atoms with Crippen molar-refractivity contribution in [2.45, 2.75) is 25.6 Å². The van der Waals surface area contributed by atoms with Crippen molar-refractivity contribution in [2.75, 3.05) is 32.8 Å². The number of nitrogens with one attached hydrogen (secondary N) is 1. The minimum absolute atomic E-state index is 0.0874. The molecule has 1 N–H and O–H groups in total. The van der Waals surface area contributed by atoms with Gasteiger partial charge in [0, 0.05) is 30.6 Å². The lowest BCUT2D eigenvalue weighted by Crippen LogP contribution is -2.44. The smallest absolute Gasteiger partial charge is 0.416 e. The molecular formula is C23H24F3N3O3S. The van der Waals surface area contributed by atoms with Gasteiger partial charge < -0.3 is 14.5 Å². The van der Waals surface area contributed by atoms with E-state index in [9.17, 15) is 18.0 Å². The number of alkyl halides is 3. The van der Waals surface area contributed by atoms with E-state index in [-0.39, 0.29) is 18.4 Å². The topological polar surface area (TPSA) is 67.6 Å². The van der Waals surface area contributed by atoms with E-state index in [0.717, 1.165) is 36.7 Å². The second kappa shape index (κ2) is 10.1. The lowest BCUT2D eigenvalue weighted by Gasteiger charge is -2.33. The number of amides is 1. The van der Waals surface area contributed by atoms with Gasteiger partial charge in [0.05, 0.1) is 36.9 Å². The van der Waals surface area contributed by atoms with Crippen LogP contribution in [0.4, 0.5) is 13.2 Å². The standard InChI is InChI=1S/C23H24F3N3O3S/c1-15-2-7-20(32-15)19(29-8-10-31-11-9-29)13-27-21(30)12-18-14-33-22(28-18)16-3-5-17(6-4-16)23(24,25)26/h2-7,14,19H,8-13H2,1H3,(H,27,30). The van der Waals surface area contributed by atoms with Crippen molar-refractivity contribution in [3.63, 3.8) is 0 Å². The number of furan rings is 1. The lowest BCUT2D eigenvalue weighted by atomic mass is 10.1. The van der Waals surface area contributed by atoms with Crippen molar-refractivity contribution in [1.29, 1.82) is 0 Å². The monoisotopic (exact) mass is 479 g/mol. The van der Waals surface area contributed by atoms with Gasteiger partial charge in [0.25, 0.3) is 0 Å². The quantitative estimate of drug-likeness (QED) is 0.542. The third-order valence-corrected chi connectivity index (χ3v) is 6.36. The number of carbonyl (C=O) groups is 1. The maximum absolute atomic E-state index is 12.8. The van der Waals surface area contributed by atoms with Crippen LogP contribution in [0.5, 0.6) is 0 Å². The average Bonchev–Trinajstić information content (AvgIpc) is 3.43. The molecule has 0 bridgehead atoms. The van der Waals surface area contributed by atoms with Gasteiger partial charge in [-0.15, -0.1) is 11.3 Å². The van der Waals surface area contributed by atoms with Gasteiger partial charge in [0.2, 0.25) is 5.91 Å². The molecule has 0 saturated carbocycles. The molecule has 0 aliphatic carbocycles. The van der Waals surface area contributed by atoms with Crippen molar-refractivity contribution >= 4 is 17.2 Å². The second-order valence-electron chi connectivity index (χ2n) is 7.81. The molecular weight excluding hydrogens is 455 g/mol. The number of benzene rings is 1. The summed E-state index contributed by atoms with van der Waals surface area (Å²) in [5, 5.41) is 5.29. The zero-order valence-electron chi connectivity index (χ0n) is 18.0. The van der Waals surface area contributed by atoms with E-state index in [1.54, 1.807) is 5.38 Å². The number of aromatic nitrogens is 1. The molecule has 1 unspecified atom stereocenters. The van der Waals surface area contributed by atoms with Gasteiger partial charge in [-0.05, 0) is 31.2 Å². The molecule has 1 aromatic carbocycles. The Kier molecular flexibility index (Phi) is 7.16. The highest BCUT2D eigenvalue weighted by molar-refractivity contribution is 7.13. The van der Waals surface area contributed by atoms with Crippen LogP contribution in [0.2, 0.25) is 0 Å². The van der Waals surface area contributed by atoms with E-state index < -0.39 is 11.7 Å². The molecule has 0 radical (unpaired) electrons. The zero-order chi connectivity index (χ0) is 23.4. The highest BCUT2D eigenvalue weighted by Gasteiger charge is 2.30. The number of morpholine rings is 1. The summed E-state index contributed by atoms with van der Waals surface area (Å²) in [7, 11) is 0. The van der Waals surface area contributed by atoms with Gasteiger partial charge in [-0.3, -0.25) is 9.69 Å². The Morgan fingerprint density at radius 3 is 2.55 bits per heavy atom. The van der Waals surface area contributed by atoms with Crippen LogP contribution in [-0.2, 0) is 22.1 Å². The number of nitrogens with zero attached hydrogens (tertiary/aromatic N) is 2. The average molecular weight is 480 g/mol. The minimum atomic E-state index is -4.38. The van der Waals surface area contributed by atoms with Gasteiger partial charge >= 0.3 is 6.18 Å². The van der Waals surface area contributed by atoms with Crippen LogP contribution >= 0.6 is 11.3 Å². The molecule has 3 aromatic rings. The number of halogens is 3. The predicted octanol–water partition coefficient (Wildman–Crippen LogP) is 4.46. The van der Waals surface area contributed by atoms with E-state index in [1.165, 1.54) is 23.5 Å². The van der Waals surface area contributed by atoms with Crippen molar-refractivity contribution in [3.05, 3.63) is 64.6 Å². The fourth-order valence-corrected chi connectivity index (χ4v) is 4.52. The molecule has 1 aliphatic heterocycles. The van der Waals surface area contributed by atoms with Crippen molar-refractivity contribution in [3.8, 4) is 10.6 Å². The van der Waals surface area contributed by atoms with Crippen LogP contribution in [0.25, 0.3) is 10.6 Å². The molecule has 1 amide bonds. The minimum Gasteiger partial charge on any atom is -0.465 e. The molecule has 4 rings (SSSR count). The van der Waals surface area contributed by atoms with Gasteiger partial charge in [0.15, 0.2) is 0 Å². The van der Waals surface area contributed by atoms with Crippen LogP contribution < -0.4 is 5.32 Å². The van der Waals surface area contributed by atoms with Gasteiger partial charge in [-0.25, -0.2) is 4.98 Å². The van der Waals surface area contributed by atoms with E-state index >= 15 is 0 Å². The number of hydrogen-bond acceptors (Lipinski definition) is 6. The van der Waals surface area contributed by atoms with E-state index in [1.807, 2.05) is 19.1 Å². The Balaban J connectivity index is 1.36. The zero-order valence-corrected chi connectivity index (χ0v) is 18.8. The number of ether oxygens (including phenoxy) is 1. The Bertz CT molecular complexity index is 1070. The molecule has 1 atom stereocenters. The first kappa shape index (κ1) is 23.5. The first-order valence-electron chi connectivity index (χ1n) is 10.6. The molecule has 176 valence electrons. The number of rotatable bonds is 7. The number of hydrogen-bond donors (Lipinski definition) is 1. The van der Waals surface area contributed by atoms with Crippen LogP contribution in [0, 0.1) is 6.92 Å². The summed E-state index contributed by atoms with van der Waals surface area (Å²) in [6.07, 6.45) is -4.29. The summed E-state index contributed by atoms with van der Waals surface area (Å²) in [5.74, 6) is 1.43. The Morgan fingerprint density at radius 2 is 1.91 bits per heavy atom. The highest BCUT2D eigenvalue weighted by atomic mass is 32.1. The van der Waals surface area contributed by atoms with E-state index in [4.69, 9.17) is 9.15 Å². The summed E-state index contributed by atoms with van der Waals surface area (Å²) in [6, 6.07) is 8.59. The summed E-state index contributed by atoms with van der Waals surface area (Å²) in [6.45, 7) is 5.05. The highest BCUT2D eigenvalue weighted by Crippen LogP contribution is 2.32. The van der Waals surface area contributed by atoms with Crippen molar-refractivity contribution in [2.24, 2.45) is 0 Å². The Hall–Kier alpha value is -2.69. The van der Waals surface area contributed by atoms with Crippen molar-refractivity contribution < 1.29 is 27.1 Å². The maximum atomic E-state index is 12.8. The first-order chi connectivity index (χ1) is 15.8. The fourth-order valence-electron chi connectivity index (χ4n) is 3.69. The molecule has 2 aromatic heterocycles. The molecule has 0 spiro atoms. The van der Waals surface area contributed by atoms with Gasteiger partial charge in [0.1, 0.15) is 16.5 Å². The van der Waals surface area contributed by atoms with E-state index in [2.05, 4.69) is 15.2 Å². The normalized spacial score (nSPS) is 16.0. The number of aryl methyl sites for hydroxylation is 1. The maximum Gasteiger partial charge on any atom is 0.416 e. The molecule has 1 fully saturated rings. The van der Waals surface area contributed by atoms with Gasteiger partial charge in [-0.1, -0.05) is 12.1 Å². The predicted molar refractivity (Wildman–Crippen MR) is 118 cm³/mol. The van der Waals surface area contributed by atoms with E-state index in [0.29, 0.717) is 36.0 Å². The summed E-state index contributed by atoms with van der Waals surface area (Å²) < 4.78 is 49.5. The summed E-state index contributed by atoms with van der Waals surface area (Å²) in [5.41, 5.74) is 0.452. The van der Waals surface area contributed by atoms with Crippen LogP contribution in [0.15, 0.2) is 46.2 Å². The molecule has 3 heterocycles. The van der Waals surface area contributed by atoms with Crippen LogP contribution in [0.1, 0.15) is 28.8 Å². The number of thiazole rings is 1. The molecule has 1 saturated heterocycles. The largest absolute Gasteiger partial charge is 0.465 e. The van der Waals surface area contributed by atoms with Gasteiger partial charge in [-0.2, -0.15) is 13.2 Å². The fraction of sp³-hybridized carbons (Fsp3) is 0.391. The Morgan fingerprint density at radius 1 is 1.18 bits per heavy atom. The van der Waals surface area contributed by atoms with Crippen LogP contribution in [-0.4, -0.2) is 48.6 Å². The first-order valence-corrected chi connectivity index (χ1v) is 11.4. The molecule has 1 aliphatic rings. The third kappa shape index (κ3) is 6.01.